The van der Waals surface area contributed by atoms with Crippen LogP contribution in [0.25, 0.3) is 0 Å². The standard InChI is InChI=1S/C21H28N2O3/c1-14(2)18-10-5-15(3)11-20(18)26-12-16-6-8-17(9-7-16)23-21(24)19(22)13-25-4/h5-11,14,19H,12-13,22H2,1-4H3,(H,23,24). The first kappa shape index (κ1) is 19.9. The predicted octanol–water partition coefficient (Wildman–Crippen LogP) is 3.61. The van der Waals surface area contributed by atoms with Crippen LogP contribution in [0, 0.1) is 6.92 Å². The Morgan fingerprint density at radius 1 is 1.15 bits per heavy atom. The van der Waals surface area contributed by atoms with Gasteiger partial charge in [-0.15, -0.1) is 0 Å². The molecule has 0 aliphatic carbocycles. The molecule has 5 nitrogen and oxygen atoms in total. The Morgan fingerprint density at radius 2 is 1.85 bits per heavy atom. The molecule has 2 rings (SSSR count). The van der Waals surface area contributed by atoms with E-state index in [2.05, 4.69) is 44.3 Å². The zero-order chi connectivity index (χ0) is 19.1. The molecule has 2 aromatic rings. The highest BCUT2D eigenvalue weighted by Crippen LogP contribution is 2.28. The fourth-order valence-corrected chi connectivity index (χ4v) is 2.58. The predicted molar refractivity (Wildman–Crippen MR) is 105 cm³/mol. The van der Waals surface area contributed by atoms with Gasteiger partial charge in [0.2, 0.25) is 5.91 Å². The average molecular weight is 356 g/mol. The number of ether oxygens (including phenoxy) is 2. The van der Waals surface area contributed by atoms with Gasteiger partial charge >= 0.3 is 0 Å². The van der Waals surface area contributed by atoms with Gasteiger partial charge in [0.15, 0.2) is 0 Å². The minimum absolute atomic E-state index is 0.187. The van der Waals surface area contributed by atoms with Gasteiger partial charge in [-0.2, -0.15) is 0 Å². The molecule has 0 aliphatic rings. The first-order chi connectivity index (χ1) is 12.4. The molecule has 2 aromatic carbocycles. The van der Waals surface area contributed by atoms with Crippen LogP contribution in [-0.4, -0.2) is 25.7 Å². The lowest BCUT2D eigenvalue weighted by molar-refractivity contribution is -0.118. The number of rotatable bonds is 8. The van der Waals surface area contributed by atoms with Gasteiger partial charge in [0.25, 0.3) is 0 Å². The zero-order valence-corrected chi connectivity index (χ0v) is 15.9. The van der Waals surface area contributed by atoms with Crippen molar-refractivity contribution in [1.29, 1.82) is 0 Å². The molecule has 1 amide bonds. The molecule has 0 heterocycles. The van der Waals surface area contributed by atoms with E-state index in [0.29, 0.717) is 18.2 Å². The SMILES string of the molecule is COCC(N)C(=O)Nc1ccc(COc2cc(C)ccc2C(C)C)cc1. The maximum atomic E-state index is 11.9. The van der Waals surface area contributed by atoms with Crippen LogP contribution < -0.4 is 15.8 Å². The number of amides is 1. The highest BCUT2D eigenvalue weighted by atomic mass is 16.5. The van der Waals surface area contributed by atoms with Crippen molar-refractivity contribution < 1.29 is 14.3 Å². The van der Waals surface area contributed by atoms with Crippen LogP contribution >= 0.6 is 0 Å². The van der Waals surface area contributed by atoms with Crippen LogP contribution in [0.4, 0.5) is 5.69 Å². The third-order valence-electron chi connectivity index (χ3n) is 4.09. The van der Waals surface area contributed by atoms with E-state index >= 15 is 0 Å². The van der Waals surface area contributed by atoms with Crippen molar-refractivity contribution in [3.05, 3.63) is 59.2 Å². The van der Waals surface area contributed by atoms with Crippen molar-refractivity contribution in [3.63, 3.8) is 0 Å². The number of nitrogens with two attached hydrogens (primary N) is 1. The molecular weight excluding hydrogens is 328 g/mol. The van der Waals surface area contributed by atoms with E-state index in [0.717, 1.165) is 11.3 Å². The van der Waals surface area contributed by atoms with Crippen molar-refractivity contribution in [2.45, 2.75) is 39.3 Å². The molecule has 0 saturated carbocycles. The largest absolute Gasteiger partial charge is 0.489 e. The van der Waals surface area contributed by atoms with Gasteiger partial charge in [0.1, 0.15) is 18.4 Å². The number of benzene rings is 2. The van der Waals surface area contributed by atoms with Gasteiger partial charge in [0.05, 0.1) is 6.61 Å². The van der Waals surface area contributed by atoms with E-state index in [1.807, 2.05) is 24.3 Å². The fourth-order valence-electron chi connectivity index (χ4n) is 2.58. The van der Waals surface area contributed by atoms with Crippen LogP contribution in [0.1, 0.15) is 36.5 Å². The lowest BCUT2D eigenvalue weighted by Crippen LogP contribution is -2.39. The van der Waals surface area contributed by atoms with Crippen molar-refractivity contribution in [2.75, 3.05) is 19.0 Å². The molecule has 0 radical (unpaired) electrons. The van der Waals surface area contributed by atoms with Gasteiger partial charge in [-0.1, -0.05) is 38.1 Å². The number of carbonyl (C=O) groups is 1. The Morgan fingerprint density at radius 3 is 2.46 bits per heavy atom. The molecule has 0 aromatic heterocycles. The molecule has 0 aliphatic heterocycles. The van der Waals surface area contributed by atoms with Crippen LogP contribution in [0.15, 0.2) is 42.5 Å². The van der Waals surface area contributed by atoms with E-state index < -0.39 is 6.04 Å². The number of carbonyl (C=O) groups excluding carboxylic acids is 1. The summed E-state index contributed by atoms with van der Waals surface area (Å²) in [5.41, 5.74) is 9.81. The third kappa shape index (κ3) is 5.58. The lowest BCUT2D eigenvalue weighted by atomic mass is 10.0. The molecule has 1 atom stereocenters. The highest BCUT2D eigenvalue weighted by Gasteiger charge is 2.13. The molecule has 5 heteroatoms. The first-order valence-electron chi connectivity index (χ1n) is 8.78. The highest BCUT2D eigenvalue weighted by molar-refractivity contribution is 5.94. The van der Waals surface area contributed by atoms with Crippen molar-refractivity contribution in [1.82, 2.24) is 0 Å². The number of nitrogens with one attached hydrogen (secondary N) is 1. The van der Waals surface area contributed by atoms with Gasteiger partial charge in [-0.3, -0.25) is 4.79 Å². The summed E-state index contributed by atoms with van der Waals surface area (Å²) in [6, 6.07) is 13.2. The summed E-state index contributed by atoms with van der Waals surface area (Å²) < 4.78 is 10.9. The number of aryl methyl sites for hydroxylation is 1. The van der Waals surface area contributed by atoms with E-state index in [-0.39, 0.29) is 12.5 Å². The van der Waals surface area contributed by atoms with E-state index in [9.17, 15) is 4.79 Å². The van der Waals surface area contributed by atoms with Gasteiger partial charge in [-0.25, -0.2) is 0 Å². The maximum Gasteiger partial charge on any atom is 0.243 e. The lowest BCUT2D eigenvalue weighted by Gasteiger charge is -2.15. The third-order valence-corrected chi connectivity index (χ3v) is 4.09. The summed E-state index contributed by atoms with van der Waals surface area (Å²) in [5, 5.41) is 2.77. The summed E-state index contributed by atoms with van der Waals surface area (Å²) in [6.07, 6.45) is 0. The Balaban J connectivity index is 1.98. The summed E-state index contributed by atoms with van der Waals surface area (Å²) in [6.45, 7) is 7.03. The topological polar surface area (TPSA) is 73.6 Å². The van der Waals surface area contributed by atoms with Crippen molar-refractivity contribution in [3.8, 4) is 5.75 Å². The molecule has 26 heavy (non-hydrogen) atoms. The van der Waals surface area contributed by atoms with E-state index in [1.165, 1.54) is 18.2 Å². The molecule has 3 N–H and O–H groups in total. The smallest absolute Gasteiger partial charge is 0.243 e. The van der Waals surface area contributed by atoms with Crippen molar-refractivity contribution >= 4 is 11.6 Å². The Kier molecular flexibility index (Phi) is 7.18. The van der Waals surface area contributed by atoms with Crippen molar-refractivity contribution in [2.24, 2.45) is 5.73 Å². The Hall–Kier alpha value is -2.37. The average Bonchev–Trinajstić information content (AvgIpc) is 2.61. The number of methoxy groups -OCH3 is 1. The number of hydrogen-bond acceptors (Lipinski definition) is 4. The minimum atomic E-state index is -0.682. The van der Waals surface area contributed by atoms with Crippen LogP contribution in [0.2, 0.25) is 0 Å². The molecular formula is C21H28N2O3. The number of hydrogen-bond donors (Lipinski definition) is 2. The number of anilines is 1. The molecule has 0 spiro atoms. The summed E-state index contributed by atoms with van der Waals surface area (Å²) in [7, 11) is 1.51. The second-order valence-electron chi connectivity index (χ2n) is 6.73. The molecule has 140 valence electrons. The molecule has 0 fully saturated rings. The molecule has 0 saturated heterocycles. The second-order valence-corrected chi connectivity index (χ2v) is 6.73. The first-order valence-corrected chi connectivity index (χ1v) is 8.78. The van der Waals surface area contributed by atoms with E-state index in [4.69, 9.17) is 15.2 Å². The molecule has 0 bridgehead atoms. The normalized spacial score (nSPS) is 12.1. The Bertz CT molecular complexity index is 727. The summed E-state index contributed by atoms with van der Waals surface area (Å²) >= 11 is 0. The zero-order valence-electron chi connectivity index (χ0n) is 15.9. The maximum absolute atomic E-state index is 11.9. The fraction of sp³-hybridized carbons (Fsp3) is 0.381. The Labute approximate surface area is 155 Å². The minimum Gasteiger partial charge on any atom is -0.489 e. The summed E-state index contributed by atoms with van der Waals surface area (Å²) in [4.78, 5) is 11.9. The monoisotopic (exact) mass is 356 g/mol. The van der Waals surface area contributed by atoms with Gasteiger partial charge < -0.3 is 20.5 Å². The second kappa shape index (κ2) is 9.36. The van der Waals surface area contributed by atoms with Gasteiger partial charge in [-0.05, 0) is 47.7 Å². The van der Waals surface area contributed by atoms with E-state index in [1.54, 1.807) is 0 Å². The summed E-state index contributed by atoms with van der Waals surface area (Å²) in [5.74, 6) is 1.06. The van der Waals surface area contributed by atoms with Gasteiger partial charge in [0, 0.05) is 12.8 Å². The molecule has 1 unspecified atom stereocenters. The van der Waals surface area contributed by atoms with Crippen LogP contribution in [0.5, 0.6) is 5.75 Å². The van der Waals surface area contributed by atoms with Crippen LogP contribution in [0.3, 0.4) is 0 Å². The van der Waals surface area contributed by atoms with Crippen LogP contribution in [-0.2, 0) is 16.1 Å². The quantitative estimate of drug-likeness (QED) is 0.758.